The van der Waals surface area contributed by atoms with Crippen molar-refractivity contribution in [2.24, 2.45) is 17.3 Å². The van der Waals surface area contributed by atoms with Gasteiger partial charge in [-0.25, -0.2) is 0 Å². The van der Waals surface area contributed by atoms with Gasteiger partial charge >= 0.3 is 0 Å². The van der Waals surface area contributed by atoms with Crippen molar-refractivity contribution in [1.82, 2.24) is 5.32 Å². The smallest absolute Gasteiger partial charge is 0.226 e. The minimum atomic E-state index is -0.0688. The summed E-state index contributed by atoms with van der Waals surface area (Å²) in [6.07, 6.45) is 8.10. The molecule has 4 heteroatoms. The Hall–Kier alpha value is -0.0900. The van der Waals surface area contributed by atoms with Crippen LogP contribution in [0.4, 0.5) is 0 Å². The lowest BCUT2D eigenvalue weighted by atomic mass is 9.49. The second-order valence-corrected chi connectivity index (χ2v) is 8.68. The molecule has 0 heterocycles. The predicted molar refractivity (Wildman–Crippen MR) is 78.3 cm³/mol. The summed E-state index contributed by atoms with van der Waals surface area (Å²) < 4.78 is 5.29. The molecule has 3 nitrogen and oxygen atoms in total. The van der Waals surface area contributed by atoms with Crippen LogP contribution in [0.3, 0.4) is 0 Å². The molecular weight excluding hydrogens is 306 g/mol. The van der Waals surface area contributed by atoms with Gasteiger partial charge in [-0.15, -0.1) is 0 Å². The highest BCUT2D eigenvalue weighted by atomic mass is 79.9. The number of halogens is 1. The van der Waals surface area contributed by atoms with Crippen LogP contribution in [0.15, 0.2) is 0 Å². The van der Waals surface area contributed by atoms with Crippen LogP contribution < -0.4 is 5.32 Å². The van der Waals surface area contributed by atoms with E-state index in [9.17, 15) is 4.79 Å². The molecule has 0 aromatic rings. The van der Waals surface area contributed by atoms with Crippen molar-refractivity contribution in [2.75, 3.05) is 20.3 Å². The standard InChI is InChI=1S/C15H24BrNO2/c1-19-4-2-3-17-13(18)14-6-11-5-12(7-14)9-15(16,8-11)10-14/h11-12H,2-10H2,1H3,(H,17,18). The van der Waals surface area contributed by atoms with Crippen LogP contribution >= 0.6 is 15.9 Å². The lowest BCUT2D eigenvalue weighted by Gasteiger charge is -2.59. The number of methoxy groups -OCH3 is 1. The molecule has 1 N–H and O–H groups in total. The van der Waals surface area contributed by atoms with Crippen molar-refractivity contribution < 1.29 is 9.53 Å². The minimum absolute atomic E-state index is 0.0688. The molecule has 0 aromatic heterocycles. The van der Waals surface area contributed by atoms with Gasteiger partial charge < -0.3 is 10.1 Å². The van der Waals surface area contributed by atoms with E-state index < -0.39 is 0 Å². The maximum Gasteiger partial charge on any atom is 0.226 e. The number of alkyl halides is 1. The third-order valence-corrected chi connectivity index (χ3v) is 6.21. The molecule has 0 radical (unpaired) electrons. The molecule has 4 rings (SSSR count). The number of nitrogens with one attached hydrogen (secondary N) is 1. The van der Waals surface area contributed by atoms with Crippen molar-refractivity contribution in [1.29, 1.82) is 0 Å². The van der Waals surface area contributed by atoms with E-state index in [1.165, 1.54) is 19.3 Å². The first-order valence-corrected chi connectivity index (χ1v) is 8.31. The van der Waals surface area contributed by atoms with Crippen LogP contribution in [-0.4, -0.2) is 30.5 Å². The molecule has 0 spiro atoms. The summed E-state index contributed by atoms with van der Waals surface area (Å²) in [5.41, 5.74) is -0.0688. The molecule has 0 aliphatic heterocycles. The highest BCUT2D eigenvalue weighted by Gasteiger charge is 2.59. The molecule has 4 saturated carbocycles. The first-order chi connectivity index (χ1) is 9.05. The second kappa shape index (κ2) is 5.03. The average Bonchev–Trinajstić information content (AvgIpc) is 2.31. The zero-order valence-electron chi connectivity index (χ0n) is 11.7. The summed E-state index contributed by atoms with van der Waals surface area (Å²) in [7, 11) is 1.70. The SMILES string of the molecule is COCCCNC(=O)C12CC3CC(CC(Br)(C3)C1)C2. The molecule has 19 heavy (non-hydrogen) atoms. The highest BCUT2D eigenvalue weighted by molar-refractivity contribution is 9.10. The Bertz CT molecular complexity index is 357. The number of rotatable bonds is 5. The zero-order valence-corrected chi connectivity index (χ0v) is 13.3. The second-order valence-electron chi connectivity index (χ2n) is 6.99. The van der Waals surface area contributed by atoms with Crippen molar-refractivity contribution in [3.05, 3.63) is 0 Å². The fourth-order valence-electron chi connectivity index (χ4n) is 5.02. The van der Waals surface area contributed by atoms with Crippen molar-refractivity contribution >= 4 is 21.8 Å². The average molecular weight is 330 g/mol. The number of hydrogen-bond acceptors (Lipinski definition) is 2. The number of amides is 1. The predicted octanol–water partition coefficient (Wildman–Crippen LogP) is 2.87. The Morgan fingerprint density at radius 3 is 2.58 bits per heavy atom. The Labute approximate surface area is 124 Å². The topological polar surface area (TPSA) is 38.3 Å². The number of hydrogen-bond donors (Lipinski definition) is 1. The van der Waals surface area contributed by atoms with E-state index in [0.29, 0.717) is 5.91 Å². The zero-order chi connectivity index (χ0) is 13.5. The number of ether oxygens (including phenoxy) is 1. The molecule has 108 valence electrons. The van der Waals surface area contributed by atoms with E-state index in [4.69, 9.17) is 4.74 Å². The molecular formula is C15H24BrNO2. The highest BCUT2D eigenvalue weighted by Crippen LogP contribution is 2.64. The van der Waals surface area contributed by atoms with Gasteiger partial charge in [0.05, 0.1) is 5.41 Å². The van der Waals surface area contributed by atoms with Gasteiger partial charge in [0.15, 0.2) is 0 Å². The molecule has 4 fully saturated rings. The molecule has 4 aliphatic rings. The third-order valence-electron chi connectivity index (χ3n) is 5.28. The molecule has 0 aromatic carbocycles. The Morgan fingerprint density at radius 1 is 1.32 bits per heavy atom. The summed E-state index contributed by atoms with van der Waals surface area (Å²) >= 11 is 3.95. The maximum atomic E-state index is 12.6. The van der Waals surface area contributed by atoms with Crippen molar-refractivity contribution in [3.8, 4) is 0 Å². The molecule has 4 aliphatic carbocycles. The van der Waals surface area contributed by atoms with Gasteiger partial charge in [-0.2, -0.15) is 0 Å². The number of carbonyl (C=O) groups excluding carboxylic acids is 1. The van der Waals surface area contributed by atoms with E-state index in [1.807, 2.05) is 0 Å². The normalized spacial score (nSPS) is 43.5. The Kier molecular flexibility index (Phi) is 3.67. The fourth-order valence-corrected chi connectivity index (χ4v) is 6.47. The summed E-state index contributed by atoms with van der Waals surface area (Å²) in [5, 5.41) is 3.15. The molecule has 0 saturated heterocycles. The van der Waals surface area contributed by atoms with Crippen LogP contribution in [0.1, 0.15) is 44.9 Å². The largest absolute Gasteiger partial charge is 0.385 e. The first-order valence-electron chi connectivity index (χ1n) is 7.51. The lowest BCUT2D eigenvalue weighted by Crippen LogP contribution is -2.58. The summed E-state index contributed by atoms with van der Waals surface area (Å²) in [4.78, 5) is 12.6. The van der Waals surface area contributed by atoms with Gasteiger partial charge in [0.25, 0.3) is 0 Å². The van der Waals surface area contributed by atoms with Gasteiger partial charge in [0, 0.05) is 24.6 Å². The minimum Gasteiger partial charge on any atom is -0.385 e. The molecule has 2 atom stereocenters. The van der Waals surface area contributed by atoms with Crippen LogP contribution in [0, 0.1) is 17.3 Å². The summed E-state index contributed by atoms with van der Waals surface area (Å²) in [6, 6.07) is 0. The lowest BCUT2D eigenvalue weighted by molar-refractivity contribution is -0.144. The van der Waals surface area contributed by atoms with E-state index >= 15 is 0 Å². The molecule has 2 unspecified atom stereocenters. The van der Waals surface area contributed by atoms with Gasteiger partial charge in [-0.3, -0.25) is 4.79 Å². The van der Waals surface area contributed by atoms with Gasteiger partial charge in [-0.1, -0.05) is 15.9 Å². The van der Waals surface area contributed by atoms with E-state index in [-0.39, 0.29) is 9.74 Å². The van der Waals surface area contributed by atoms with Crippen LogP contribution in [-0.2, 0) is 9.53 Å². The summed E-state index contributed by atoms with van der Waals surface area (Å²) in [6.45, 7) is 1.47. The monoisotopic (exact) mass is 329 g/mol. The van der Waals surface area contributed by atoms with Crippen molar-refractivity contribution in [3.63, 3.8) is 0 Å². The first kappa shape index (κ1) is 13.9. The van der Waals surface area contributed by atoms with E-state index in [1.54, 1.807) is 7.11 Å². The summed E-state index contributed by atoms with van der Waals surface area (Å²) in [5.74, 6) is 1.84. The maximum absolute atomic E-state index is 12.6. The van der Waals surface area contributed by atoms with E-state index in [2.05, 4.69) is 21.2 Å². The van der Waals surface area contributed by atoms with Crippen molar-refractivity contribution in [2.45, 2.75) is 49.3 Å². The van der Waals surface area contributed by atoms with Gasteiger partial charge in [0.1, 0.15) is 0 Å². The molecule has 4 bridgehead atoms. The third kappa shape index (κ3) is 2.58. The quantitative estimate of drug-likeness (QED) is 0.622. The van der Waals surface area contributed by atoms with Crippen LogP contribution in [0.25, 0.3) is 0 Å². The number of carbonyl (C=O) groups is 1. The van der Waals surface area contributed by atoms with Gasteiger partial charge in [0.2, 0.25) is 5.91 Å². The van der Waals surface area contributed by atoms with Crippen LogP contribution in [0.5, 0.6) is 0 Å². The van der Waals surface area contributed by atoms with E-state index in [0.717, 1.165) is 50.7 Å². The molecule has 1 amide bonds. The Morgan fingerprint density at radius 2 is 2.00 bits per heavy atom. The van der Waals surface area contributed by atoms with Gasteiger partial charge in [-0.05, 0) is 56.8 Å². The Balaban J connectivity index is 1.64. The fraction of sp³-hybridized carbons (Fsp3) is 0.933. The van der Waals surface area contributed by atoms with Crippen LogP contribution in [0.2, 0.25) is 0 Å².